The second kappa shape index (κ2) is 4.41. The highest BCUT2D eigenvalue weighted by Crippen LogP contribution is 2.51. The standard InChI is InChI=1S/C17H20FN3/c1-11-3-4-13(18)6-15(11)16-5-12(2)20-21(16)14-7-17(8-14)9-19-10-17/h3-6,14,19H,7-10H2,1-2H3. The molecule has 1 aromatic carbocycles. The van der Waals surface area contributed by atoms with Crippen molar-refractivity contribution < 1.29 is 4.39 Å². The first-order valence-electron chi connectivity index (χ1n) is 7.60. The Balaban J connectivity index is 1.71. The molecule has 3 nitrogen and oxygen atoms in total. The Hall–Kier alpha value is -1.68. The first-order valence-corrected chi connectivity index (χ1v) is 7.60. The fourth-order valence-electron chi connectivity index (χ4n) is 3.75. The predicted molar refractivity (Wildman–Crippen MR) is 80.7 cm³/mol. The van der Waals surface area contributed by atoms with Crippen molar-refractivity contribution in [2.75, 3.05) is 13.1 Å². The lowest BCUT2D eigenvalue weighted by molar-refractivity contribution is 0.00301. The molecule has 0 amide bonds. The van der Waals surface area contributed by atoms with Gasteiger partial charge in [0.25, 0.3) is 0 Å². The minimum Gasteiger partial charge on any atom is -0.316 e. The molecule has 4 heteroatoms. The van der Waals surface area contributed by atoms with Crippen molar-refractivity contribution in [3.05, 3.63) is 41.3 Å². The van der Waals surface area contributed by atoms with Crippen LogP contribution in [0.2, 0.25) is 0 Å². The fourth-order valence-corrected chi connectivity index (χ4v) is 3.75. The zero-order valence-corrected chi connectivity index (χ0v) is 12.5. The highest BCUT2D eigenvalue weighted by molar-refractivity contribution is 5.64. The third-order valence-electron chi connectivity index (χ3n) is 5.02. The van der Waals surface area contributed by atoms with Crippen LogP contribution in [-0.4, -0.2) is 22.9 Å². The molecule has 1 N–H and O–H groups in total. The Labute approximate surface area is 124 Å². The maximum atomic E-state index is 13.6. The van der Waals surface area contributed by atoms with E-state index in [-0.39, 0.29) is 5.82 Å². The molecule has 1 saturated carbocycles. The molecule has 4 rings (SSSR count). The zero-order chi connectivity index (χ0) is 14.6. The average Bonchev–Trinajstić information content (AvgIpc) is 2.71. The van der Waals surface area contributed by atoms with Crippen LogP contribution in [0.5, 0.6) is 0 Å². The summed E-state index contributed by atoms with van der Waals surface area (Å²) in [5.74, 6) is -0.186. The second-order valence-electron chi connectivity index (χ2n) is 6.74. The molecule has 1 spiro atoms. The van der Waals surface area contributed by atoms with Crippen molar-refractivity contribution in [2.24, 2.45) is 5.41 Å². The normalized spacial score (nSPS) is 20.3. The van der Waals surface area contributed by atoms with E-state index >= 15 is 0 Å². The maximum absolute atomic E-state index is 13.6. The van der Waals surface area contributed by atoms with Crippen molar-refractivity contribution in [3.8, 4) is 11.3 Å². The Morgan fingerprint density at radius 3 is 2.67 bits per heavy atom. The van der Waals surface area contributed by atoms with Gasteiger partial charge in [0.05, 0.1) is 17.4 Å². The zero-order valence-electron chi connectivity index (χ0n) is 12.5. The monoisotopic (exact) mass is 285 g/mol. The summed E-state index contributed by atoms with van der Waals surface area (Å²) in [7, 11) is 0. The van der Waals surface area contributed by atoms with Gasteiger partial charge in [-0.05, 0) is 55.9 Å². The number of hydrogen-bond donors (Lipinski definition) is 1. The number of rotatable bonds is 2. The number of halogens is 1. The SMILES string of the molecule is Cc1cc(-c2cc(F)ccc2C)n(C2CC3(CNC3)C2)n1. The van der Waals surface area contributed by atoms with Crippen LogP contribution >= 0.6 is 0 Å². The topological polar surface area (TPSA) is 29.9 Å². The van der Waals surface area contributed by atoms with E-state index in [9.17, 15) is 4.39 Å². The molecule has 2 heterocycles. The molecule has 2 aliphatic rings. The van der Waals surface area contributed by atoms with Gasteiger partial charge in [-0.1, -0.05) is 6.07 Å². The Kier molecular flexibility index (Phi) is 2.73. The lowest BCUT2D eigenvalue weighted by Crippen LogP contribution is -2.60. The summed E-state index contributed by atoms with van der Waals surface area (Å²) in [6.45, 7) is 6.31. The van der Waals surface area contributed by atoms with Gasteiger partial charge in [0, 0.05) is 18.7 Å². The van der Waals surface area contributed by atoms with E-state index in [0.717, 1.165) is 35.6 Å². The highest BCUT2D eigenvalue weighted by Gasteiger charge is 2.49. The van der Waals surface area contributed by atoms with E-state index in [1.807, 2.05) is 19.9 Å². The first kappa shape index (κ1) is 13.0. The molecule has 0 bridgehead atoms. The fraction of sp³-hybridized carbons (Fsp3) is 0.471. The molecular weight excluding hydrogens is 265 g/mol. The molecule has 1 aliphatic carbocycles. The summed E-state index contributed by atoms with van der Waals surface area (Å²) in [5.41, 5.74) is 4.62. The van der Waals surface area contributed by atoms with Crippen LogP contribution in [-0.2, 0) is 0 Å². The van der Waals surface area contributed by atoms with E-state index in [2.05, 4.69) is 21.2 Å². The van der Waals surface area contributed by atoms with Gasteiger partial charge in [0.1, 0.15) is 5.82 Å². The molecule has 2 fully saturated rings. The molecule has 0 atom stereocenters. The second-order valence-corrected chi connectivity index (χ2v) is 6.74. The van der Waals surface area contributed by atoms with E-state index in [1.165, 1.54) is 18.9 Å². The van der Waals surface area contributed by atoms with Gasteiger partial charge in [-0.3, -0.25) is 4.68 Å². The largest absolute Gasteiger partial charge is 0.316 e. The number of aryl methyl sites for hydroxylation is 2. The van der Waals surface area contributed by atoms with Crippen molar-refractivity contribution >= 4 is 0 Å². The van der Waals surface area contributed by atoms with E-state index in [4.69, 9.17) is 0 Å². The summed E-state index contributed by atoms with van der Waals surface area (Å²) >= 11 is 0. The van der Waals surface area contributed by atoms with Crippen LogP contribution in [0.3, 0.4) is 0 Å². The van der Waals surface area contributed by atoms with Crippen molar-refractivity contribution in [2.45, 2.75) is 32.7 Å². The molecule has 110 valence electrons. The van der Waals surface area contributed by atoms with Crippen molar-refractivity contribution in [1.29, 1.82) is 0 Å². The number of nitrogens with one attached hydrogen (secondary N) is 1. The van der Waals surface area contributed by atoms with Crippen LogP contribution in [0.4, 0.5) is 4.39 Å². The van der Waals surface area contributed by atoms with Gasteiger partial charge < -0.3 is 5.32 Å². The number of benzene rings is 1. The number of hydrogen-bond acceptors (Lipinski definition) is 2. The van der Waals surface area contributed by atoms with Crippen molar-refractivity contribution in [3.63, 3.8) is 0 Å². The average molecular weight is 285 g/mol. The minimum absolute atomic E-state index is 0.186. The van der Waals surface area contributed by atoms with E-state index < -0.39 is 0 Å². The van der Waals surface area contributed by atoms with Gasteiger partial charge in [0.2, 0.25) is 0 Å². The summed E-state index contributed by atoms with van der Waals surface area (Å²) < 4.78 is 15.7. The lowest BCUT2D eigenvalue weighted by Gasteiger charge is -2.54. The lowest BCUT2D eigenvalue weighted by atomic mass is 9.61. The maximum Gasteiger partial charge on any atom is 0.123 e. The summed E-state index contributed by atoms with van der Waals surface area (Å²) in [4.78, 5) is 0. The third-order valence-corrected chi connectivity index (χ3v) is 5.02. The van der Waals surface area contributed by atoms with Crippen LogP contribution in [0.15, 0.2) is 24.3 Å². The van der Waals surface area contributed by atoms with Crippen LogP contribution in [0.1, 0.15) is 30.1 Å². The first-order chi connectivity index (χ1) is 10.1. The smallest absolute Gasteiger partial charge is 0.123 e. The molecule has 21 heavy (non-hydrogen) atoms. The third kappa shape index (κ3) is 2.01. The molecule has 0 unspecified atom stereocenters. The Bertz CT molecular complexity index is 692. The molecule has 0 radical (unpaired) electrons. The minimum atomic E-state index is -0.186. The molecule has 1 saturated heterocycles. The van der Waals surface area contributed by atoms with Crippen LogP contribution < -0.4 is 5.32 Å². The summed E-state index contributed by atoms with van der Waals surface area (Å²) in [6, 6.07) is 7.52. The van der Waals surface area contributed by atoms with Crippen LogP contribution in [0, 0.1) is 25.1 Å². The van der Waals surface area contributed by atoms with Gasteiger partial charge >= 0.3 is 0 Å². The molecule has 1 aliphatic heterocycles. The number of nitrogens with zero attached hydrogens (tertiary/aromatic N) is 2. The quantitative estimate of drug-likeness (QED) is 0.918. The van der Waals surface area contributed by atoms with Gasteiger partial charge in [-0.2, -0.15) is 5.10 Å². The summed E-state index contributed by atoms with van der Waals surface area (Å²) in [6.07, 6.45) is 2.37. The molecular formula is C17H20FN3. The van der Waals surface area contributed by atoms with E-state index in [0.29, 0.717) is 11.5 Å². The van der Waals surface area contributed by atoms with Crippen molar-refractivity contribution in [1.82, 2.24) is 15.1 Å². The highest BCUT2D eigenvalue weighted by atomic mass is 19.1. The summed E-state index contributed by atoms with van der Waals surface area (Å²) in [5, 5.41) is 8.04. The van der Waals surface area contributed by atoms with Gasteiger partial charge in [-0.15, -0.1) is 0 Å². The van der Waals surface area contributed by atoms with Gasteiger partial charge in [0.15, 0.2) is 0 Å². The predicted octanol–water partition coefficient (Wildman–Crippen LogP) is 3.23. The Morgan fingerprint density at radius 2 is 2.00 bits per heavy atom. The Morgan fingerprint density at radius 1 is 1.24 bits per heavy atom. The number of aromatic nitrogens is 2. The molecule has 1 aromatic heterocycles. The van der Waals surface area contributed by atoms with Crippen LogP contribution in [0.25, 0.3) is 11.3 Å². The molecule has 2 aromatic rings. The van der Waals surface area contributed by atoms with E-state index in [1.54, 1.807) is 6.07 Å². The van der Waals surface area contributed by atoms with Gasteiger partial charge in [-0.25, -0.2) is 4.39 Å².